The third kappa shape index (κ3) is 3.28. The van der Waals surface area contributed by atoms with Gasteiger partial charge in [0.2, 0.25) is 5.91 Å². The van der Waals surface area contributed by atoms with Crippen LogP contribution in [0.5, 0.6) is 0 Å². The van der Waals surface area contributed by atoms with E-state index in [0.29, 0.717) is 37.3 Å². The van der Waals surface area contributed by atoms with Gasteiger partial charge in [-0.1, -0.05) is 0 Å². The van der Waals surface area contributed by atoms with Gasteiger partial charge in [0.15, 0.2) is 5.82 Å². The Morgan fingerprint density at radius 1 is 0.957 bits per heavy atom. The van der Waals surface area contributed by atoms with Gasteiger partial charge in [-0.2, -0.15) is 5.10 Å². The number of primary amides is 1. The lowest BCUT2D eigenvalue weighted by Crippen LogP contribution is -2.49. The molecule has 1 saturated heterocycles. The van der Waals surface area contributed by atoms with Gasteiger partial charge in [-0.3, -0.25) is 9.59 Å². The molecular formula is C16H17N5O2. The van der Waals surface area contributed by atoms with Crippen LogP contribution < -0.4 is 10.6 Å². The Bertz CT molecular complexity index is 694. The molecule has 2 heterocycles. The quantitative estimate of drug-likeness (QED) is 0.893. The Hall–Kier alpha value is -2.96. The summed E-state index contributed by atoms with van der Waals surface area (Å²) in [6.07, 6.45) is 1.64. The number of nitrogens with two attached hydrogens (primary N) is 1. The largest absolute Gasteiger partial charge is 0.366 e. The number of aromatic nitrogens is 2. The summed E-state index contributed by atoms with van der Waals surface area (Å²) in [7, 11) is 0. The van der Waals surface area contributed by atoms with Crippen LogP contribution >= 0.6 is 0 Å². The van der Waals surface area contributed by atoms with E-state index < -0.39 is 5.91 Å². The standard InChI is InChI=1S/C16H17N5O2/c17-15(22)12-3-5-13(6-4-12)16(23)21-10-8-20(9-11-21)14-2-1-7-18-19-14/h1-7H,8-11H2,(H2,17,22). The Labute approximate surface area is 133 Å². The molecule has 1 aliphatic heterocycles. The number of amides is 2. The summed E-state index contributed by atoms with van der Waals surface area (Å²) in [5, 5.41) is 7.96. The predicted octanol–water partition coefficient (Wildman–Crippen LogP) is 0.538. The monoisotopic (exact) mass is 311 g/mol. The highest BCUT2D eigenvalue weighted by molar-refractivity contribution is 5.97. The molecule has 2 aromatic rings. The Balaban J connectivity index is 1.63. The van der Waals surface area contributed by atoms with Gasteiger partial charge >= 0.3 is 0 Å². The van der Waals surface area contributed by atoms with E-state index in [1.54, 1.807) is 35.4 Å². The number of rotatable bonds is 3. The van der Waals surface area contributed by atoms with Crippen LogP contribution in [0.2, 0.25) is 0 Å². The third-order valence-electron chi connectivity index (χ3n) is 3.87. The molecule has 2 amide bonds. The van der Waals surface area contributed by atoms with Gasteiger partial charge in [-0.05, 0) is 36.4 Å². The maximum Gasteiger partial charge on any atom is 0.253 e. The molecule has 3 rings (SSSR count). The summed E-state index contributed by atoms with van der Waals surface area (Å²) in [5.41, 5.74) is 6.16. The first-order chi connectivity index (χ1) is 11.1. The summed E-state index contributed by atoms with van der Waals surface area (Å²) in [5.74, 6) is 0.284. The smallest absolute Gasteiger partial charge is 0.253 e. The lowest BCUT2D eigenvalue weighted by atomic mass is 10.1. The van der Waals surface area contributed by atoms with Crippen molar-refractivity contribution < 1.29 is 9.59 Å². The van der Waals surface area contributed by atoms with Gasteiger partial charge in [-0.25, -0.2) is 0 Å². The molecule has 1 fully saturated rings. The first-order valence-corrected chi connectivity index (χ1v) is 7.37. The SMILES string of the molecule is NC(=O)c1ccc(C(=O)N2CCN(c3cccnn3)CC2)cc1. The van der Waals surface area contributed by atoms with E-state index in [2.05, 4.69) is 15.1 Å². The second kappa shape index (κ2) is 6.43. The maximum atomic E-state index is 12.5. The number of hydrogen-bond acceptors (Lipinski definition) is 5. The van der Waals surface area contributed by atoms with Crippen LogP contribution in [0.3, 0.4) is 0 Å². The van der Waals surface area contributed by atoms with Gasteiger partial charge in [0.25, 0.3) is 5.91 Å². The van der Waals surface area contributed by atoms with Crippen LogP contribution in [0.4, 0.5) is 5.82 Å². The molecule has 0 radical (unpaired) electrons. The minimum Gasteiger partial charge on any atom is -0.366 e. The van der Waals surface area contributed by atoms with Gasteiger partial charge in [-0.15, -0.1) is 5.10 Å². The van der Waals surface area contributed by atoms with Crippen molar-refractivity contribution >= 4 is 17.6 Å². The highest BCUT2D eigenvalue weighted by Crippen LogP contribution is 2.14. The van der Waals surface area contributed by atoms with Crippen LogP contribution in [0.1, 0.15) is 20.7 Å². The van der Waals surface area contributed by atoms with Crippen LogP contribution in [0.15, 0.2) is 42.6 Å². The number of carbonyl (C=O) groups excluding carboxylic acids is 2. The summed E-state index contributed by atoms with van der Waals surface area (Å²) >= 11 is 0. The van der Waals surface area contributed by atoms with E-state index in [0.717, 1.165) is 5.82 Å². The highest BCUT2D eigenvalue weighted by atomic mass is 16.2. The molecule has 23 heavy (non-hydrogen) atoms. The fraction of sp³-hybridized carbons (Fsp3) is 0.250. The molecule has 0 atom stereocenters. The molecule has 1 aliphatic rings. The van der Waals surface area contributed by atoms with Crippen LogP contribution in [0.25, 0.3) is 0 Å². The van der Waals surface area contributed by atoms with Crippen molar-refractivity contribution in [2.75, 3.05) is 31.1 Å². The summed E-state index contributed by atoms with van der Waals surface area (Å²) < 4.78 is 0. The number of anilines is 1. The molecule has 0 saturated carbocycles. The minimum absolute atomic E-state index is 0.0418. The molecule has 7 heteroatoms. The zero-order chi connectivity index (χ0) is 16.2. The van der Waals surface area contributed by atoms with E-state index in [9.17, 15) is 9.59 Å². The first kappa shape index (κ1) is 15.0. The zero-order valence-electron chi connectivity index (χ0n) is 12.6. The fourth-order valence-electron chi connectivity index (χ4n) is 2.56. The summed E-state index contributed by atoms with van der Waals surface area (Å²) in [6.45, 7) is 2.66. The average molecular weight is 311 g/mol. The fourth-order valence-corrected chi connectivity index (χ4v) is 2.56. The van der Waals surface area contributed by atoms with Crippen molar-refractivity contribution in [3.05, 3.63) is 53.7 Å². The lowest BCUT2D eigenvalue weighted by Gasteiger charge is -2.35. The number of hydrogen-bond donors (Lipinski definition) is 1. The first-order valence-electron chi connectivity index (χ1n) is 7.37. The minimum atomic E-state index is -0.499. The molecule has 0 bridgehead atoms. The van der Waals surface area contributed by atoms with Crippen molar-refractivity contribution in [3.63, 3.8) is 0 Å². The van der Waals surface area contributed by atoms with Crippen molar-refractivity contribution in [3.8, 4) is 0 Å². The number of benzene rings is 1. The molecule has 0 unspecified atom stereocenters. The molecule has 118 valence electrons. The second-order valence-electron chi connectivity index (χ2n) is 5.30. The van der Waals surface area contributed by atoms with E-state index in [1.807, 2.05) is 12.1 Å². The van der Waals surface area contributed by atoms with Crippen molar-refractivity contribution in [2.24, 2.45) is 5.73 Å². The Morgan fingerprint density at radius 2 is 1.61 bits per heavy atom. The van der Waals surface area contributed by atoms with Crippen molar-refractivity contribution in [1.29, 1.82) is 0 Å². The zero-order valence-corrected chi connectivity index (χ0v) is 12.6. The number of piperazine rings is 1. The average Bonchev–Trinajstić information content (AvgIpc) is 2.62. The van der Waals surface area contributed by atoms with E-state index in [-0.39, 0.29) is 5.91 Å². The van der Waals surface area contributed by atoms with E-state index in [1.165, 1.54) is 0 Å². The normalized spacial score (nSPS) is 14.6. The number of carbonyl (C=O) groups is 2. The van der Waals surface area contributed by atoms with Crippen molar-refractivity contribution in [2.45, 2.75) is 0 Å². The van der Waals surface area contributed by atoms with Gasteiger partial charge in [0.05, 0.1) is 0 Å². The number of nitrogens with zero attached hydrogens (tertiary/aromatic N) is 4. The maximum absolute atomic E-state index is 12.5. The van der Waals surface area contributed by atoms with Crippen molar-refractivity contribution in [1.82, 2.24) is 15.1 Å². The highest BCUT2D eigenvalue weighted by Gasteiger charge is 2.23. The molecule has 2 N–H and O–H groups in total. The van der Waals surface area contributed by atoms with Crippen LogP contribution in [-0.2, 0) is 0 Å². The molecule has 1 aromatic heterocycles. The molecular weight excluding hydrogens is 294 g/mol. The lowest BCUT2D eigenvalue weighted by molar-refractivity contribution is 0.0746. The molecule has 0 aliphatic carbocycles. The third-order valence-corrected chi connectivity index (χ3v) is 3.87. The predicted molar refractivity (Wildman–Crippen MR) is 85.1 cm³/mol. The van der Waals surface area contributed by atoms with Crippen LogP contribution in [0, 0.1) is 0 Å². The molecule has 0 spiro atoms. The van der Waals surface area contributed by atoms with Crippen LogP contribution in [-0.4, -0.2) is 53.1 Å². The second-order valence-corrected chi connectivity index (χ2v) is 5.30. The van der Waals surface area contributed by atoms with E-state index in [4.69, 9.17) is 5.73 Å². The van der Waals surface area contributed by atoms with Gasteiger partial charge in [0, 0.05) is 43.5 Å². The van der Waals surface area contributed by atoms with E-state index >= 15 is 0 Å². The topological polar surface area (TPSA) is 92.4 Å². The van der Waals surface area contributed by atoms with Gasteiger partial charge < -0.3 is 15.5 Å². The summed E-state index contributed by atoms with van der Waals surface area (Å²) in [6, 6.07) is 10.2. The van der Waals surface area contributed by atoms with Gasteiger partial charge in [0.1, 0.15) is 0 Å². The molecule has 7 nitrogen and oxygen atoms in total. The molecule has 1 aromatic carbocycles. The summed E-state index contributed by atoms with van der Waals surface area (Å²) in [4.78, 5) is 27.5. The Kier molecular flexibility index (Phi) is 4.18. The Morgan fingerprint density at radius 3 is 2.17 bits per heavy atom.